The van der Waals surface area contributed by atoms with Crippen molar-refractivity contribution in [3.8, 4) is 5.75 Å². The fourth-order valence-electron chi connectivity index (χ4n) is 4.02. The SMILES string of the molecule is CO[C@H]1CN(C)C(=O)c2cc(NC(=O)Cc3ccccc3)ccc2OC[C@@H](C)N(C)C[C@@H]1C. The number of amides is 2. The Morgan fingerprint density at radius 1 is 1.12 bits per heavy atom. The van der Waals surface area contributed by atoms with Crippen LogP contribution in [-0.2, 0) is 16.0 Å². The van der Waals surface area contributed by atoms with Gasteiger partial charge in [-0.1, -0.05) is 37.3 Å². The van der Waals surface area contributed by atoms with Crippen molar-refractivity contribution in [2.24, 2.45) is 5.92 Å². The minimum Gasteiger partial charge on any atom is -0.491 e. The van der Waals surface area contributed by atoms with Crippen LogP contribution in [0.2, 0.25) is 0 Å². The first kappa shape index (κ1) is 24.7. The number of anilines is 1. The zero-order chi connectivity index (χ0) is 24.0. The number of fused-ring (bicyclic) bond motifs is 1. The highest BCUT2D eigenvalue weighted by Gasteiger charge is 2.27. The Labute approximate surface area is 196 Å². The normalized spacial score (nSPS) is 22.5. The summed E-state index contributed by atoms with van der Waals surface area (Å²) in [6.45, 7) is 5.99. The Morgan fingerprint density at radius 3 is 2.55 bits per heavy atom. The number of methoxy groups -OCH3 is 1. The first-order chi connectivity index (χ1) is 15.8. The van der Waals surface area contributed by atoms with Crippen molar-refractivity contribution < 1.29 is 19.1 Å². The summed E-state index contributed by atoms with van der Waals surface area (Å²) in [7, 11) is 5.53. The molecule has 2 amide bonds. The Kier molecular flexibility index (Phi) is 8.47. The Bertz CT molecular complexity index is 950. The zero-order valence-electron chi connectivity index (χ0n) is 20.2. The van der Waals surface area contributed by atoms with E-state index in [2.05, 4.69) is 31.1 Å². The van der Waals surface area contributed by atoms with Crippen LogP contribution in [0.15, 0.2) is 48.5 Å². The van der Waals surface area contributed by atoms with Crippen LogP contribution < -0.4 is 10.1 Å². The second kappa shape index (κ2) is 11.3. The van der Waals surface area contributed by atoms with Crippen LogP contribution in [0.5, 0.6) is 5.75 Å². The first-order valence-corrected chi connectivity index (χ1v) is 11.4. The molecule has 0 fully saturated rings. The van der Waals surface area contributed by atoms with Gasteiger partial charge in [-0.15, -0.1) is 0 Å². The molecule has 1 heterocycles. The molecular formula is C26H35N3O4. The van der Waals surface area contributed by atoms with E-state index in [1.54, 1.807) is 37.3 Å². The Balaban J connectivity index is 1.85. The lowest BCUT2D eigenvalue weighted by molar-refractivity contribution is -0.115. The van der Waals surface area contributed by atoms with E-state index in [0.29, 0.717) is 30.2 Å². The Hall–Kier alpha value is -2.90. The number of hydrogen-bond acceptors (Lipinski definition) is 5. The van der Waals surface area contributed by atoms with Crippen molar-refractivity contribution in [3.05, 3.63) is 59.7 Å². The fraction of sp³-hybridized carbons (Fsp3) is 0.462. The van der Waals surface area contributed by atoms with Crippen molar-refractivity contribution in [1.29, 1.82) is 0 Å². The van der Waals surface area contributed by atoms with Gasteiger partial charge in [0.05, 0.1) is 18.1 Å². The molecule has 0 radical (unpaired) electrons. The van der Waals surface area contributed by atoms with E-state index in [-0.39, 0.29) is 36.3 Å². The largest absolute Gasteiger partial charge is 0.491 e. The van der Waals surface area contributed by atoms with Gasteiger partial charge in [0.15, 0.2) is 0 Å². The highest BCUT2D eigenvalue weighted by Crippen LogP contribution is 2.26. The van der Waals surface area contributed by atoms with Crippen LogP contribution in [0.4, 0.5) is 5.69 Å². The number of ether oxygens (including phenoxy) is 2. The van der Waals surface area contributed by atoms with Crippen molar-refractivity contribution >= 4 is 17.5 Å². The highest BCUT2D eigenvalue weighted by atomic mass is 16.5. The number of hydrogen-bond donors (Lipinski definition) is 1. The average Bonchev–Trinajstić information content (AvgIpc) is 2.80. The first-order valence-electron chi connectivity index (χ1n) is 11.4. The van der Waals surface area contributed by atoms with Gasteiger partial charge in [-0.25, -0.2) is 0 Å². The third kappa shape index (κ3) is 6.55. The van der Waals surface area contributed by atoms with Crippen molar-refractivity contribution in [3.63, 3.8) is 0 Å². The quantitative estimate of drug-likeness (QED) is 0.769. The summed E-state index contributed by atoms with van der Waals surface area (Å²) in [4.78, 5) is 29.8. The maximum absolute atomic E-state index is 13.4. The van der Waals surface area contributed by atoms with Gasteiger partial charge in [0.1, 0.15) is 12.4 Å². The van der Waals surface area contributed by atoms with Gasteiger partial charge < -0.3 is 19.7 Å². The number of likely N-dealkylation sites (N-methyl/N-ethyl adjacent to an activating group) is 2. The van der Waals surface area contributed by atoms with Crippen LogP contribution in [-0.4, -0.2) is 74.7 Å². The summed E-state index contributed by atoms with van der Waals surface area (Å²) < 4.78 is 11.8. The number of nitrogens with zero attached hydrogens (tertiary/aromatic N) is 2. The predicted octanol–water partition coefficient (Wildman–Crippen LogP) is 3.30. The van der Waals surface area contributed by atoms with E-state index >= 15 is 0 Å². The van der Waals surface area contributed by atoms with Crippen LogP contribution in [0, 0.1) is 5.92 Å². The maximum atomic E-state index is 13.4. The fourth-order valence-corrected chi connectivity index (χ4v) is 4.02. The second-order valence-corrected chi connectivity index (χ2v) is 8.96. The summed E-state index contributed by atoms with van der Waals surface area (Å²) in [5.41, 5.74) is 1.92. The summed E-state index contributed by atoms with van der Waals surface area (Å²) in [6, 6.07) is 14.9. The number of rotatable bonds is 4. The molecular weight excluding hydrogens is 418 g/mol. The smallest absolute Gasteiger partial charge is 0.257 e. The molecule has 0 spiro atoms. The molecule has 0 aliphatic carbocycles. The molecule has 33 heavy (non-hydrogen) atoms. The summed E-state index contributed by atoms with van der Waals surface area (Å²) >= 11 is 0. The summed E-state index contributed by atoms with van der Waals surface area (Å²) in [5, 5.41) is 2.91. The molecule has 0 aromatic heterocycles. The Morgan fingerprint density at radius 2 is 1.85 bits per heavy atom. The number of carbonyl (C=O) groups is 2. The number of carbonyl (C=O) groups excluding carboxylic acids is 2. The number of benzene rings is 2. The molecule has 3 rings (SSSR count). The zero-order valence-corrected chi connectivity index (χ0v) is 20.2. The van der Waals surface area contributed by atoms with Crippen LogP contribution in [0.1, 0.15) is 29.8 Å². The standard InChI is InChI=1S/C26H35N3O4/c1-18-15-28(3)19(2)17-33-23-12-11-21(27-25(30)13-20-9-7-6-8-10-20)14-22(23)26(31)29(4)16-24(18)32-5/h6-12,14,18-19,24H,13,15-17H2,1-5H3,(H,27,30)/t18-,19+,24-/m0/s1. The van der Waals surface area contributed by atoms with E-state index in [9.17, 15) is 9.59 Å². The molecule has 178 valence electrons. The van der Waals surface area contributed by atoms with E-state index in [1.807, 2.05) is 30.3 Å². The summed E-state index contributed by atoms with van der Waals surface area (Å²) in [6.07, 6.45) is 0.172. The van der Waals surface area contributed by atoms with Crippen molar-refractivity contribution in [2.75, 3.05) is 46.2 Å². The van der Waals surface area contributed by atoms with Gasteiger partial charge in [0.25, 0.3) is 5.91 Å². The molecule has 3 atom stereocenters. The molecule has 1 N–H and O–H groups in total. The van der Waals surface area contributed by atoms with Gasteiger partial charge in [0.2, 0.25) is 5.91 Å². The molecule has 2 aromatic carbocycles. The van der Waals surface area contributed by atoms with Crippen molar-refractivity contribution in [2.45, 2.75) is 32.4 Å². The molecule has 0 saturated carbocycles. The molecule has 7 nitrogen and oxygen atoms in total. The van der Waals surface area contributed by atoms with Crippen LogP contribution >= 0.6 is 0 Å². The minimum absolute atomic E-state index is 0.0915. The van der Waals surface area contributed by atoms with E-state index < -0.39 is 0 Å². The molecule has 1 aliphatic heterocycles. The van der Waals surface area contributed by atoms with E-state index in [4.69, 9.17) is 9.47 Å². The highest BCUT2D eigenvalue weighted by molar-refractivity contribution is 5.99. The van der Waals surface area contributed by atoms with E-state index in [0.717, 1.165) is 12.1 Å². The molecule has 0 unspecified atom stereocenters. The topological polar surface area (TPSA) is 71.1 Å². The molecule has 0 bridgehead atoms. The lowest BCUT2D eigenvalue weighted by Gasteiger charge is -2.34. The van der Waals surface area contributed by atoms with Crippen molar-refractivity contribution in [1.82, 2.24) is 9.80 Å². The third-order valence-corrected chi connectivity index (χ3v) is 6.25. The van der Waals surface area contributed by atoms with Gasteiger partial charge in [0, 0.05) is 39.0 Å². The number of nitrogens with one attached hydrogen (secondary N) is 1. The average molecular weight is 454 g/mol. The maximum Gasteiger partial charge on any atom is 0.257 e. The second-order valence-electron chi connectivity index (χ2n) is 8.96. The van der Waals surface area contributed by atoms with Gasteiger partial charge in [-0.3, -0.25) is 14.5 Å². The van der Waals surface area contributed by atoms with Gasteiger partial charge >= 0.3 is 0 Å². The van der Waals surface area contributed by atoms with Crippen LogP contribution in [0.3, 0.4) is 0 Å². The lowest BCUT2D eigenvalue weighted by Crippen LogP contribution is -2.45. The molecule has 1 aliphatic rings. The van der Waals surface area contributed by atoms with Crippen LogP contribution in [0.25, 0.3) is 0 Å². The third-order valence-electron chi connectivity index (χ3n) is 6.25. The van der Waals surface area contributed by atoms with E-state index in [1.165, 1.54) is 0 Å². The minimum atomic E-state index is -0.167. The van der Waals surface area contributed by atoms with Gasteiger partial charge in [-0.2, -0.15) is 0 Å². The van der Waals surface area contributed by atoms with Gasteiger partial charge in [-0.05, 0) is 43.7 Å². The summed E-state index contributed by atoms with van der Waals surface area (Å²) in [5.74, 6) is 0.440. The monoisotopic (exact) mass is 453 g/mol. The molecule has 0 saturated heterocycles. The lowest BCUT2D eigenvalue weighted by atomic mass is 10.0. The predicted molar refractivity (Wildman–Crippen MR) is 130 cm³/mol. The molecule has 2 aromatic rings. The molecule has 7 heteroatoms.